The fraction of sp³-hybridized carbons (Fsp3) is 0.700. The molecule has 4 atom stereocenters. The van der Waals surface area contributed by atoms with Crippen molar-refractivity contribution in [3.8, 4) is 0 Å². The standard InChI is InChI=1S/C20H37N7O7/c1-10(2)9-14(27-16(30)12(21)5-4-8-24-20(22)23)18(32)26-13(6-7-15(28)29)17(31)25-11(3)19(33)34/h10-14H,4-9,21H2,1-3H3,(H,25,31)(H,26,32)(H,27,30)(H,28,29)(H,33,34)(H4,22,23,24). The summed E-state index contributed by atoms with van der Waals surface area (Å²) in [7, 11) is 0. The first kappa shape index (κ1) is 30.6. The van der Waals surface area contributed by atoms with Gasteiger partial charge in [-0.15, -0.1) is 0 Å². The van der Waals surface area contributed by atoms with Crippen LogP contribution in [-0.4, -0.2) is 76.5 Å². The Morgan fingerprint density at radius 3 is 1.91 bits per heavy atom. The first-order valence-corrected chi connectivity index (χ1v) is 10.9. The second kappa shape index (κ2) is 15.4. The number of hydrogen-bond acceptors (Lipinski definition) is 7. The predicted molar refractivity (Wildman–Crippen MR) is 123 cm³/mol. The maximum Gasteiger partial charge on any atom is 0.325 e. The molecule has 0 aromatic heterocycles. The topological polar surface area (TPSA) is 252 Å². The molecular weight excluding hydrogens is 450 g/mol. The van der Waals surface area contributed by atoms with E-state index in [4.69, 9.17) is 27.4 Å². The van der Waals surface area contributed by atoms with Gasteiger partial charge in [-0.1, -0.05) is 13.8 Å². The van der Waals surface area contributed by atoms with Gasteiger partial charge in [-0.2, -0.15) is 0 Å². The normalized spacial score (nSPS) is 14.3. The summed E-state index contributed by atoms with van der Waals surface area (Å²) in [5, 5.41) is 25.1. The summed E-state index contributed by atoms with van der Waals surface area (Å²) in [5.74, 6) is -4.75. The van der Waals surface area contributed by atoms with Crippen molar-refractivity contribution in [3.05, 3.63) is 0 Å². The molecule has 0 aliphatic carbocycles. The van der Waals surface area contributed by atoms with Gasteiger partial charge in [-0.3, -0.25) is 29.0 Å². The Kier molecular flexibility index (Phi) is 13.9. The highest BCUT2D eigenvalue weighted by molar-refractivity contribution is 5.94. The summed E-state index contributed by atoms with van der Waals surface area (Å²) < 4.78 is 0. The second-order valence-electron chi connectivity index (χ2n) is 8.31. The summed E-state index contributed by atoms with van der Waals surface area (Å²) in [6.07, 6.45) is 0.201. The van der Waals surface area contributed by atoms with Crippen LogP contribution >= 0.6 is 0 Å². The third-order valence-electron chi connectivity index (χ3n) is 4.65. The summed E-state index contributed by atoms with van der Waals surface area (Å²) in [6, 6.07) is -4.54. The zero-order valence-electron chi connectivity index (χ0n) is 19.7. The minimum atomic E-state index is -1.31. The smallest absolute Gasteiger partial charge is 0.325 e. The van der Waals surface area contributed by atoms with Crippen molar-refractivity contribution in [1.29, 1.82) is 0 Å². The van der Waals surface area contributed by atoms with Crippen molar-refractivity contribution in [1.82, 2.24) is 16.0 Å². The minimum absolute atomic E-state index is 0.0209. The number of carbonyl (C=O) groups is 5. The largest absolute Gasteiger partial charge is 0.481 e. The summed E-state index contributed by atoms with van der Waals surface area (Å²) in [6.45, 7) is 5.16. The highest BCUT2D eigenvalue weighted by Gasteiger charge is 2.30. The van der Waals surface area contributed by atoms with Crippen molar-refractivity contribution in [2.24, 2.45) is 28.1 Å². The molecule has 14 nitrogen and oxygen atoms in total. The number of carboxylic acids is 2. The van der Waals surface area contributed by atoms with Crippen LogP contribution in [0, 0.1) is 5.92 Å². The molecule has 0 fully saturated rings. The molecule has 0 aliphatic rings. The Labute approximate surface area is 198 Å². The van der Waals surface area contributed by atoms with E-state index < -0.39 is 60.2 Å². The molecule has 194 valence electrons. The number of rotatable bonds is 16. The van der Waals surface area contributed by atoms with Crippen LogP contribution in [0.15, 0.2) is 4.99 Å². The Morgan fingerprint density at radius 2 is 1.41 bits per heavy atom. The fourth-order valence-corrected chi connectivity index (χ4v) is 2.82. The van der Waals surface area contributed by atoms with E-state index in [1.807, 2.05) is 13.8 Å². The van der Waals surface area contributed by atoms with Crippen LogP contribution in [-0.2, 0) is 24.0 Å². The average Bonchev–Trinajstić information content (AvgIpc) is 2.72. The number of nitrogens with two attached hydrogens (primary N) is 3. The van der Waals surface area contributed by atoms with E-state index in [1.165, 1.54) is 6.92 Å². The molecule has 14 heteroatoms. The molecule has 0 rings (SSSR count). The lowest BCUT2D eigenvalue weighted by atomic mass is 10.0. The molecule has 34 heavy (non-hydrogen) atoms. The van der Waals surface area contributed by atoms with Gasteiger partial charge < -0.3 is 43.4 Å². The Balaban J connectivity index is 5.30. The number of carboxylic acid groups (broad SMARTS) is 2. The second-order valence-corrected chi connectivity index (χ2v) is 8.31. The van der Waals surface area contributed by atoms with E-state index >= 15 is 0 Å². The average molecular weight is 488 g/mol. The lowest BCUT2D eigenvalue weighted by Gasteiger charge is -2.25. The van der Waals surface area contributed by atoms with Crippen LogP contribution in [0.3, 0.4) is 0 Å². The first-order valence-electron chi connectivity index (χ1n) is 10.9. The number of guanidine groups is 1. The lowest BCUT2D eigenvalue weighted by molar-refractivity contribution is -0.142. The molecule has 0 radical (unpaired) electrons. The van der Waals surface area contributed by atoms with E-state index in [9.17, 15) is 24.0 Å². The molecule has 0 aliphatic heterocycles. The van der Waals surface area contributed by atoms with Crippen LogP contribution in [0.1, 0.15) is 52.9 Å². The van der Waals surface area contributed by atoms with Gasteiger partial charge in [0.05, 0.1) is 6.04 Å². The maximum absolute atomic E-state index is 12.9. The highest BCUT2D eigenvalue weighted by Crippen LogP contribution is 2.08. The number of nitrogens with one attached hydrogen (secondary N) is 3. The lowest BCUT2D eigenvalue weighted by Crippen LogP contribution is -2.57. The third-order valence-corrected chi connectivity index (χ3v) is 4.65. The molecule has 0 heterocycles. The minimum Gasteiger partial charge on any atom is -0.481 e. The molecule has 4 unspecified atom stereocenters. The third kappa shape index (κ3) is 13.2. The summed E-state index contributed by atoms with van der Waals surface area (Å²) >= 11 is 0. The summed E-state index contributed by atoms with van der Waals surface area (Å²) in [4.78, 5) is 63.6. The van der Waals surface area contributed by atoms with Crippen LogP contribution in [0.4, 0.5) is 0 Å². The monoisotopic (exact) mass is 487 g/mol. The molecule has 0 aromatic rings. The number of hydrogen-bond donors (Lipinski definition) is 8. The maximum atomic E-state index is 12.9. The van der Waals surface area contributed by atoms with E-state index in [-0.39, 0.29) is 37.7 Å². The van der Waals surface area contributed by atoms with Crippen molar-refractivity contribution in [2.45, 2.75) is 77.0 Å². The van der Waals surface area contributed by atoms with Crippen LogP contribution in [0.2, 0.25) is 0 Å². The Bertz CT molecular complexity index is 754. The molecule has 0 bridgehead atoms. The molecule has 11 N–H and O–H groups in total. The number of nitrogens with zero attached hydrogens (tertiary/aromatic N) is 1. The van der Waals surface area contributed by atoms with Crippen molar-refractivity contribution in [3.63, 3.8) is 0 Å². The van der Waals surface area contributed by atoms with E-state index in [0.717, 1.165) is 0 Å². The SMILES string of the molecule is CC(C)CC(NC(=O)C(N)CCCN=C(N)N)C(=O)NC(CCC(=O)O)C(=O)NC(C)C(=O)O. The number of amides is 3. The fourth-order valence-electron chi connectivity index (χ4n) is 2.82. The van der Waals surface area contributed by atoms with Gasteiger partial charge in [-0.05, 0) is 38.5 Å². The van der Waals surface area contributed by atoms with Crippen molar-refractivity contribution in [2.75, 3.05) is 6.54 Å². The van der Waals surface area contributed by atoms with Crippen molar-refractivity contribution >= 4 is 35.6 Å². The van der Waals surface area contributed by atoms with Crippen LogP contribution < -0.4 is 33.2 Å². The van der Waals surface area contributed by atoms with Gasteiger partial charge in [0.1, 0.15) is 18.1 Å². The molecule has 0 spiro atoms. The number of carbonyl (C=O) groups excluding carboxylic acids is 3. The van der Waals surface area contributed by atoms with Crippen LogP contribution in [0.5, 0.6) is 0 Å². The van der Waals surface area contributed by atoms with E-state index in [0.29, 0.717) is 6.42 Å². The predicted octanol–water partition coefficient (Wildman–Crippen LogP) is -2.16. The van der Waals surface area contributed by atoms with Gasteiger partial charge in [0, 0.05) is 13.0 Å². The van der Waals surface area contributed by atoms with Gasteiger partial charge in [-0.25, -0.2) is 0 Å². The van der Waals surface area contributed by atoms with Crippen molar-refractivity contribution < 1.29 is 34.2 Å². The van der Waals surface area contributed by atoms with Gasteiger partial charge in [0.15, 0.2) is 5.96 Å². The quantitative estimate of drug-likeness (QED) is 0.0664. The molecule has 0 aromatic carbocycles. The Morgan fingerprint density at radius 1 is 0.853 bits per heavy atom. The number of aliphatic carboxylic acids is 2. The Hall–Kier alpha value is -3.42. The molecule has 0 saturated carbocycles. The van der Waals surface area contributed by atoms with E-state index in [1.54, 1.807) is 0 Å². The first-order chi connectivity index (χ1) is 15.7. The van der Waals surface area contributed by atoms with Gasteiger partial charge in [0.25, 0.3) is 0 Å². The van der Waals surface area contributed by atoms with E-state index in [2.05, 4.69) is 20.9 Å². The zero-order valence-corrected chi connectivity index (χ0v) is 19.7. The number of aliphatic imine (C=N–C) groups is 1. The zero-order chi connectivity index (χ0) is 26.4. The van der Waals surface area contributed by atoms with Gasteiger partial charge >= 0.3 is 11.9 Å². The highest BCUT2D eigenvalue weighted by atomic mass is 16.4. The van der Waals surface area contributed by atoms with Crippen LogP contribution in [0.25, 0.3) is 0 Å². The van der Waals surface area contributed by atoms with Gasteiger partial charge in [0.2, 0.25) is 17.7 Å². The molecule has 3 amide bonds. The summed E-state index contributed by atoms with van der Waals surface area (Å²) in [5.41, 5.74) is 16.4. The molecular formula is C20H37N7O7. The molecule has 0 saturated heterocycles.